The Morgan fingerprint density at radius 1 is 0.960 bits per heavy atom. The van der Waals surface area contributed by atoms with Crippen molar-refractivity contribution < 1.29 is 24.3 Å². The zero-order chi connectivity index (χ0) is 19.2. The van der Waals surface area contributed by atoms with Gasteiger partial charge in [0.2, 0.25) is 17.7 Å². The Labute approximate surface area is 155 Å². The molecule has 0 aromatic carbocycles. The SMILES string of the molecule is CSCCC(NC(=O)CN)C(=O)NC(CCSC)C(=O)NCC(=O)O. The van der Waals surface area contributed by atoms with Gasteiger partial charge in [-0.2, -0.15) is 23.5 Å². The predicted molar refractivity (Wildman–Crippen MR) is 99.6 cm³/mol. The molecule has 0 radical (unpaired) electrons. The maximum absolute atomic E-state index is 12.4. The Morgan fingerprint density at radius 2 is 1.48 bits per heavy atom. The van der Waals surface area contributed by atoms with Crippen LogP contribution in [0.3, 0.4) is 0 Å². The molecule has 0 saturated carbocycles. The molecule has 0 aromatic heterocycles. The van der Waals surface area contributed by atoms with Gasteiger partial charge in [-0.3, -0.25) is 19.2 Å². The quantitative estimate of drug-likeness (QED) is 0.256. The van der Waals surface area contributed by atoms with E-state index >= 15 is 0 Å². The molecule has 0 aliphatic rings. The van der Waals surface area contributed by atoms with Crippen molar-refractivity contribution in [1.29, 1.82) is 0 Å². The fourth-order valence-electron chi connectivity index (χ4n) is 1.82. The van der Waals surface area contributed by atoms with Crippen LogP contribution in [0.25, 0.3) is 0 Å². The fraction of sp³-hybridized carbons (Fsp3) is 0.714. The number of aliphatic carboxylic acids is 1. The molecule has 3 amide bonds. The molecule has 0 fully saturated rings. The molecule has 144 valence electrons. The summed E-state index contributed by atoms with van der Waals surface area (Å²) >= 11 is 3.02. The predicted octanol–water partition coefficient (Wildman–Crippen LogP) is -1.38. The number of amides is 3. The van der Waals surface area contributed by atoms with Crippen LogP contribution in [0.4, 0.5) is 0 Å². The number of rotatable bonds is 13. The van der Waals surface area contributed by atoms with Gasteiger partial charge in [-0.15, -0.1) is 0 Å². The molecule has 0 aliphatic carbocycles. The molecule has 25 heavy (non-hydrogen) atoms. The second kappa shape index (κ2) is 13.8. The van der Waals surface area contributed by atoms with Gasteiger partial charge in [0.25, 0.3) is 0 Å². The highest BCUT2D eigenvalue weighted by Gasteiger charge is 2.26. The first-order valence-corrected chi connectivity index (χ1v) is 10.4. The van der Waals surface area contributed by atoms with Crippen LogP contribution >= 0.6 is 23.5 Å². The molecule has 0 rings (SSSR count). The largest absolute Gasteiger partial charge is 0.480 e. The highest BCUT2D eigenvalue weighted by molar-refractivity contribution is 7.98. The summed E-state index contributed by atoms with van der Waals surface area (Å²) in [5.41, 5.74) is 5.26. The van der Waals surface area contributed by atoms with Crippen molar-refractivity contribution in [3.63, 3.8) is 0 Å². The van der Waals surface area contributed by atoms with E-state index in [4.69, 9.17) is 10.8 Å². The van der Waals surface area contributed by atoms with E-state index in [-0.39, 0.29) is 6.54 Å². The maximum Gasteiger partial charge on any atom is 0.322 e. The van der Waals surface area contributed by atoms with Gasteiger partial charge in [0.15, 0.2) is 0 Å². The first-order chi connectivity index (χ1) is 11.8. The Morgan fingerprint density at radius 3 is 1.92 bits per heavy atom. The van der Waals surface area contributed by atoms with Gasteiger partial charge in [-0.1, -0.05) is 0 Å². The van der Waals surface area contributed by atoms with E-state index in [9.17, 15) is 19.2 Å². The first-order valence-electron chi connectivity index (χ1n) is 7.62. The van der Waals surface area contributed by atoms with E-state index in [2.05, 4.69) is 16.0 Å². The summed E-state index contributed by atoms with van der Waals surface area (Å²) in [5.74, 6) is -1.45. The maximum atomic E-state index is 12.4. The van der Waals surface area contributed by atoms with Crippen LogP contribution in [0.2, 0.25) is 0 Å². The second-order valence-corrected chi connectivity index (χ2v) is 7.03. The average molecular weight is 395 g/mol. The van der Waals surface area contributed by atoms with Gasteiger partial charge in [0.1, 0.15) is 18.6 Å². The monoisotopic (exact) mass is 394 g/mol. The molecule has 9 nitrogen and oxygen atoms in total. The Bertz CT molecular complexity index is 465. The number of carbonyl (C=O) groups is 4. The molecular weight excluding hydrogens is 368 g/mol. The van der Waals surface area contributed by atoms with Crippen LogP contribution in [0.1, 0.15) is 12.8 Å². The third-order valence-corrected chi connectivity index (χ3v) is 4.39. The Hall–Kier alpha value is -1.46. The number of hydrogen-bond acceptors (Lipinski definition) is 7. The Balaban J connectivity index is 4.92. The molecule has 2 atom stereocenters. The standard InChI is InChI=1S/C14H26N4O5S2/c1-24-5-3-9(13(22)16-8-12(20)21)18-14(23)10(4-6-25-2)17-11(19)7-15/h9-10H,3-8,15H2,1-2H3,(H,16,22)(H,17,19)(H,18,23)(H,20,21). The number of carbonyl (C=O) groups excluding carboxylic acids is 3. The van der Waals surface area contributed by atoms with Crippen LogP contribution in [0.15, 0.2) is 0 Å². The van der Waals surface area contributed by atoms with E-state index in [0.717, 1.165) is 0 Å². The molecule has 0 spiro atoms. The molecule has 0 aromatic rings. The molecular formula is C14H26N4O5S2. The number of hydrogen-bond donors (Lipinski definition) is 5. The van der Waals surface area contributed by atoms with Crippen LogP contribution < -0.4 is 21.7 Å². The first kappa shape index (κ1) is 23.5. The Kier molecular flexibility index (Phi) is 13.0. The molecule has 0 aliphatic heterocycles. The highest BCUT2D eigenvalue weighted by atomic mass is 32.2. The number of carboxylic acid groups (broad SMARTS) is 1. The van der Waals surface area contributed by atoms with Gasteiger partial charge in [-0.25, -0.2) is 0 Å². The lowest BCUT2D eigenvalue weighted by molar-refractivity contribution is -0.138. The number of thioether (sulfide) groups is 2. The van der Waals surface area contributed by atoms with Gasteiger partial charge < -0.3 is 26.8 Å². The third kappa shape index (κ3) is 10.9. The van der Waals surface area contributed by atoms with E-state index in [1.165, 1.54) is 23.5 Å². The molecule has 0 heterocycles. The summed E-state index contributed by atoms with van der Waals surface area (Å²) in [6.07, 6.45) is 4.47. The van der Waals surface area contributed by atoms with E-state index in [1.54, 1.807) is 0 Å². The van der Waals surface area contributed by atoms with Gasteiger partial charge >= 0.3 is 5.97 Å². The molecule has 2 unspecified atom stereocenters. The van der Waals surface area contributed by atoms with Crippen LogP contribution in [-0.4, -0.2) is 78.0 Å². The summed E-state index contributed by atoms with van der Waals surface area (Å²) in [6, 6.07) is -1.67. The lowest BCUT2D eigenvalue weighted by Crippen LogP contribution is -2.55. The minimum absolute atomic E-state index is 0.238. The lowest BCUT2D eigenvalue weighted by Gasteiger charge is -2.22. The van der Waals surface area contributed by atoms with Crippen LogP contribution in [0.5, 0.6) is 0 Å². The number of carboxylic acids is 1. The van der Waals surface area contributed by atoms with E-state index in [0.29, 0.717) is 24.3 Å². The lowest BCUT2D eigenvalue weighted by atomic mass is 10.1. The summed E-state index contributed by atoms with van der Waals surface area (Å²) < 4.78 is 0. The average Bonchev–Trinajstić information content (AvgIpc) is 2.59. The second-order valence-electron chi connectivity index (χ2n) is 5.06. The normalized spacial score (nSPS) is 12.8. The van der Waals surface area contributed by atoms with E-state index in [1.807, 2.05) is 12.5 Å². The zero-order valence-corrected chi connectivity index (χ0v) is 16.0. The van der Waals surface area contributed by atoms with Crippen molar-refractivity contribution >= 4 is 47.2 Å². The van der Waals surface area contributed by atoms with Crippen molar-refractivity contribution in [3.8, 4) is 0 Å². The van der Waals surface area contributed by atoms with Crippen molar-refractivity contribution in [1.82, 2.24) is 16.0 Å². The van der Waals surface area contributed by atoms with Gasteiger partial charge in [0, 0.05) is 0 Å². The molecule has 6 N–H and O–H groups in total. The highest BCUT2D eigenvalue weighted by Crippen LogP contribution is 2.05. The van der Waals surface area contributed by atoms with Crippen molar-refractivity contribution in [2.24, 2.45) is 5.73 Å². The summed E-state index contributed by atoms with van der Waals surface area (Å²) in [4.78, 5) is 46.6. The molecule has 0 bridgehead atoms. The van der Waals surface area contributed by atoms with Crippen molar-refractivity contribution in [2.75, 3.05) is 37.1 Å². The van der Waals surface area contributed by atoms with Crippen molar-refractivity contribution in [3.05, 3.63) is 0 Å². The van der Waals surface area contributed by atoms with Gasteiger partial charge in [-0.05, 0) is 36.9 Å². The van der Waals surface area contributed by atoms with Crippen LogP contribution in [0, 0.1) is 0 Å². The van der Waals surface area contributed by atoms with Crippen molar-refractivity contribution in [2.45, 2.75) is 24.9 Å². The summed E-state index contributed by atoms with van der Waals surface area (Å²) in [7, 11) is 0. The minimum atomic E-state index is -1.17. The van der Waals surface area contributed by atoms with Crippen LogP contribution in [-0.2, 0) is 19.2 Å². The fourth-order valence-corrected chi connectivity index (χ4v) is 2.76. The number of nitrogens with two attached hydrogens (primary N) is 1. The summed E-state index contributed by atoms with van der Waals surface area (Å²) in [5, 5.41) is 16.0. The topological polar surface area (TPSA) is 151 Å². The zero-order valence-electron chi connectivity index (χ0n) is 14.4. The van der Waals surface area contributed by atoms with E-state index < -0.39 is 42.3 Å². The van der Waals surface area contributed by atoms with Gasteiger partial charge in [0.05, 0.1) is 6.54 Å². The minimum Gasteiger partial charge on any atom is -0.480 e. The molecule has 11 heteroatoms. The molecule has 0 saturated heterocycles. The third-order valence-electron chi connectivity index (χ3n) is 3.11. The number of nitrogens with one attached hydrogen (secondary N) is 3. The summed E-state index contributed by atoms with van der Waals surface area (Å²) in [6.45, 7) is -0.762. The smallest absolute Gasteiger partial charge is 0.322 e.